The van der Waals surface area contributed by atoms with E-state index in [-0.39, 0.29) is 0 Å². The lowest BCUT2D eigenvalue weighted by molar-refractivity contribution is 0.196. The van der Waals surface area contributed by atoms with E-state index in [0.717, 1.165) is 55.4 Å². The molecule has 0 unspecified atom stereocenters. The number of para-hydroxylation sites is 1. The molecule has 0 spiro atoms. The summed E-state index contributed by atoms with van der Waals surface area (Å²) in [6.45, 7) is 4.82. The summed E-state index contributed by atoms with van der Waals surface area (Å²) in [4.78, 5) is 16.3. The number of nitrogens with zero attached hydrogens (tertiary/aromatic N) is 6. The Hall–Kier alpha value is -3.09. The third kappa shape index (κ3) is 4.42. The van der Waals surface area contributed by atoms with Crippen molar-refractivity contribution < 1.29 is 0 Å². The van der Waals surface area contributed by atoms with Gasteiger partial charge >= 0.3 is 0 Å². The Bertz CT molecular complexity index is 1180. The molecular weight excluding hydrogens is 420 g/mol. The molecule has 32 heavy (non-hydrogen) atoms. The minimum atomic E-state index is 0.423. The van der Waals surface area contributed by atoms with Crippen LogP contribution in [0.2, 0.25) is 5.02 Å². The standard InChI is InChI=1S/C25H25ClN6/c1-18-5-2-3-6-22(18)32-23(29-25(30-32)19-7-9-21(26)10-8-19)17-31-15-11-20(12-16-31)24-27-13-4-14-28-24/h2-10,13-14,20H,11-12,15-17H2,1H3. The van der Waals surface area contributed by atoms with Crippen molar-refractivity contribution in [2.75, 3.05) is 13.1 Å². The summed E-state index contributed by atoms with van der Waals surface area (Å²) in [5.74, 6) is 3.04. The van der Waals surface area contributed by atoms with Gasteiger partial charge in [-0.25, -0.2) is 19.6 Å². The Morgan fingerprint density at radius 3 is 2.38 bits per heavy atom. The van der Waals surface area contributed by atoms with Gasteiger partial charge in [0.25, 0.3) is 0 Å². The van der Waals surface area contributed by atoms with Crippen LogP contribution in [0.1, 0.15) is 36.0 Å². The molecule has 1 fully saturated rings. The average Bonchev–Trinajstić information content (AvgIpc) is 3.24. The second-order valence-electron chi connectivity index (χ2n) is 8.21. The van der Waals surface area contributed by atoms with Crippen molar-refractivity contribution in [3.05, 3.63) is 89.2 Å². The Labute approximate surface area is 192 Å². The van der Waals surface area contributed by atoms with Crippen molar-refractivity contribution in [2.45, 2.75) is 32.2 Å². The van der Waals surface area contributed by atoms with Gasteiger partial charge in [-0.1, -0.05) is 29.8 Å². The van der Waals surface area contributed by atoms with Gasteiger partial charge in [0.1, 0.15) is 11.6 Å². The first-order valence-corrected chi connectivity index (χ1v) is 11.3. The minimum absolute atomic E-state index is 0.423. The molecule has 0 atom stereocenters. The molecule has 0 amide bonds. The summed E-state index contributed by atoms with van der Waals surface area (Å²) in [5, 5.41) is 5.59. The van der Waals surface area contributed by atoms with Crippen LogP contribution < -0.4 is 0 Å². The third-order valence-electron chi connectivity index (χ3n) is 6.02. The third-order valence-corrected chi connectivity index (χ3v) is 6.28. The number of rotatable bonds is 5. The van der Waals surface area contributed by atoms with Crippen molar-refractivity contribution in [1.29, 1.82) is 0 Å². The molecule has 3 heterocycles. The highest BCUT2D eigenvalue weighted by atomic mass is 35.5. The van der Waals surface area contributed by atoms with Crippen LogP contribution in [0.25, 0.3) is 17.1 Å². The zero-order chi connectivity index (χ0) is 21.9. The molecule has 0 radical (unpaired) electrons. The molecule has 2 aromatic carbocycles. The van der Waals surface area contributed by atoms with Crippen LogP contribution >= 0.6 is 11.6 Å². The monoisotopic (exact) mass is 444 g/mol. The highest BCUT2D eigenvalue weighted by molar-refractivity contribution is 6.30. The first-order chi connectivity index (χ1) is 15.7. The number of benzene rings is 2. The number of halogens is 1. The molecule has 1 aliphatic rings. The van der Waals surface area contributed by atoms with Crippen molar-refractivity contribution in [3.63, 3.8) is 0 Å². The van der Waals surface area contributed by atoms with Gasteiger partial charge in [0, 0.05) is 28.9 Å². The molecule has 0 bridgehead atoms. The lowest BCUT2D eigenvalue weighted by atomic mass is 9.96. The largest absolute Gasteiger partial charge is 0.296 e. The van der Waals surface area contributed by atoms with E-state index in [4.69, 9.17) is 21.7 Å². The van der Waals surface area contributed by atoms with E-state index in [0.29, 0.717) is 16.8 Å². The van der Waals surface area contributed by atoms with E-state index in [1.807, 2.05) is 59.5 Å². The normalized spacial score (nSPS) is 15.2. The van der Waals surface area contributed by atoms with Crippen LogP contribution in [0, 0.1) is 6.92 Å². The van der Waals surface area contributed by atoms with Gasteiger partial charge in [0.2, 0.25) is 0 Å². The smallest absolute Gasteiger partial charge is 0.181 e. The first kappa shape index (κ1) is 20.8. The van der Waals surface area contributed by atoms with E-state index in [2.05, 4.69) is 33.9 Å². The molecule has 162 valence electrons. The van der Waals surface area contributed by atoms with Crippen LogP contribution in [0.5, 0.6) is 0 Å². The van der Waals surface area contributed by atoms with E-state index in [1.165, 1.54) is 5.56 Å². The van der Waals surface area contributed by atoms with Crippen molar-refractivity contribution in [3.8, 4) is 17.1 Å². The summed E-state index contributed by atoms with van der Waals surface area (Å²) in [6, 6.07) is 17.8. The molecule has 0 N–H and O–H groups in total. The van der Waals surface area contributed by atoms with Gasteiger partial charge in [-0.3, -0.25) is 4.90 Å². The summed E-state index contributed by atoms with van der Waals surface area (Å²) in [7, 11) is 0. The highest BCUT2D eigenvalue weighted by Crippen LogP contribution is 2.27. The van der Waals surface area contributed by atoms with E-state index in [1.54, 1.807) is 0 Å². The summed E-state index contributed by atoms with van der Waals surface area (Å²) in [6.07, 6.45) is 5.76. The highest BCUT2D eigenvalue weighted by Gasteiger charge is 2.24. The van der Waals surface area contributed by atoms with Gasteiger partial charge in [0.05, 0.1) is 12.2 Å². The summed E-state index contributed by atoms with van der Waals surface area (Å²) < 4.78 is 1.99. The quantitative estimate of drug-likeness (QED) is 0.430. The molecule has 4 aromatic rings. The maximum absolute atomic E-state index is 6.08. The van der Waals surface area contributed by atoms with Crippen LogP contribution in [0.3, 0.4) is 0 Å². The zero-order valence-electron chi connectivity index (χ0n) is 18.0. The van der Waals surface area contributed by atoms with Crippen LogP contribution in [-0.2, 0) is 6.54 Å². The van der Waals surface area contributed by atoms with Gasteiger partial charge in [-0.2, -0.15) is 0 Å². The molecule has 7 heteroatoms. The Morgan fingerprint density at radius 1 is 0.938 bits per heavy atom. The predicted octanol–water partition coefficient (Wildman–Crippen LogP) is 5.07. The Kier molecular flexibility index (Phi) is 5.97. The lowest BCUT2D eigenvalue weighted by Crippen LogP contribution is -2.33. The maximum Gasteiger partial charge on any atom is 0.181 e. The predicted molar refractivity (Wildman–Crippen MR) is 126 cm³/mol. The van der Waals surface area contributed by atoms with E-state index < -0.39 is 0 Å². The fourth-order valence-electron chi connectivity index (χ4n) is 4.23. The lowest BCUT2D eigenvalue weighted by Gasteiger charge is -2.30. The number of piperidine rings is 1. The van der Waals surface area contributed by atoms with Crippen molar-refractivity contribution >= 4 is 11.6 Å². The molecular formula is C25H25ClN6. The van der Waals surface area contributed by atoms with Gasteiger partial charge in [0.15, 0.2) is 5.82 Å². The van der Waals surface area contributed by atoms with Gasteiger partial charge in [-0.15, -0.1) is 5.10 Å². The molecule has 1 saturated heterocycles. The van der Waals surface area contributed by atoms with Crippen molar-refractivity contribution in [1.82, 2.24) is 29.6 Å². The second kappa shape index (κ2) is 9.18. The Morgan fingerprint density at radius 2 is 1.66 bits per heavy atom. The fraction of sp³-hybridized carbons (Fsp3) is 0.280. The van der Waals surface area contributed by atoms with E-state index in [9.17, 15) is 0 Å². The average molecular weight is 445 g/mol. The maximum atomic E-state index is 6.08. The number of hydrogen-bond donors (Lipinski definition) is 0. The van der Waals surface area contributed by atoms with E-state index >= 15 is 0 Å². The van der Waals surface area contributed by atoms with Crippen LogP contribution in [0.15, 0.2) is 67.0 Å². The molecule has 0 aliphatic carbocycles. The Balaban J connectivity index is 1.40. The number of aryl methyl sites for hydroxylation is 1. The SMILES string of the molecule is Cc1ccccc1-n1nc(-c2ccc(Cl)cc2)nc1CN1CCC(c2ncccn2)CC1. The second-order valence-corrected chi connectivity index (χ2v) is 8.65. The first-order valence-electron chi connectivity index (χ1n) is 10.9. The molecule has 0 saturated carbocycles. The number of aromatic nitrogens is 5. The van der Waals surface area contributed by atoms with Crippen LogP contribution in [0.4, 0.5) is 0 Å². The zero-order valence-corrected chi connectivity index (χ0v) is 18.8. The molecule has 6 nitrogen and oxygen atoms in total. The van der Waals surface area contributed by atoms with Crippen molar-refractivity contribution in [2.24, 2.45) is 0 Å². The topological polar surface area (TPSA) is 59.7 Å². The van der Waals surface area contributed by atoms with Crippen LogP contribution in [-0.4, -0.2) is 42.7 Å². The minimum Gasteiger partial charge on any atom is -0.296 e. The number of hydrogen-bond acceptors (Lipinski definition) is 5. The molecule has 1 aliphatic heterocycles. The van der Waals surface area contributed by atoms with Gasteiger partial charge in [-0.05, 0) is 74.8 Å². The molecule has 5 rings (SSSR count). The summed E-state index contributed by atoms with van der Waals surface area (Å²) in [5.41, 5.74) is 3.19. The summed E-state index contributed by atoms with van der Waals surface area (Å²) >= 11 is 6.08. The molecule has 2 aromatic heterocycles. The number of likely N-dealkylation sites (tertiary alicyclic amines) is 1. The van der Waals surface area contributed by atoms with Gasteiger partial charge < -0.3 is 0 Å². The fourth-order valence-corrected chi connectivity index (χ4v) is 4.36.